The molecule has 0 amide bonds. The van der Waals surface area contributed by atoms with E-state index in [1.807, 2.05) is 0 Å². The molecule has 2 heteroatoms. The molecule has 1 heterocycles. The lowest BCUT2D eigenvalue weighted by Crippen LogP contribution is -2.37. The van der Waals surface area contributed by atoms with Gasteiger partial charge in [0, 0.05) is 19.3 Å². The highest BCUT2D eigenvalue weighted by Gasteiger charge is 2.28. The Bertz CT molecular complexity index is 175. The predicted molar refractivity (Wildman–Crippen MR) is 63.0 cm³/mol. The molecule has 2 atom stereocenters. The van der Waals surface area contributed by atoms with E-state index in [0.29, 0.717) is 0 Å². The molecule has 0 aromatic rings. The van der Waals surface area contributed by atoms with E-state index in [1.54, 1.807) is 0 Å². The highest BCUT2D eigenvalue weighted by atomic mass is 16.5. The van der Waals surface area contributed by atoms with Gasteiger partial charge in [0.2, 0.25) is 0 Å². The van der Waals surface area contributed by atoms with Crippen LogP contribution in [0.1, 0.15) is 45.4 Å². The summed E-state index contributed by atoms with van der Waals surface area (Å²) in [5.41, 5.74) is 0. The highest BCUT2D eigenvalue weighted by Crippen LogP contribution is 2.35. The van der Waals surface area contributed by atoms with E-state index >= 15 is 0 Å². The molecule has 2 aliphatic rings. The Morgan fingerprint density at radius 2 is 1.87 bits per heavy atom. The van der Waals surface area contributed by atoms with Crippen molar-refractivity contribution in [2.45, 2.75) is 51.5 Å². The third-order valence-electron chi connectivity index (χ3n) is 4.14. The van der Waals surface area contributed by atoms with Crippen LogP contribution >= 0.6 is 0 Å². The molecule has 1 saturated carbocycles. The van der Waals surface area contributed by atoms with E-state index < -0.39 is 0 Å². The quantitative estimate of drug-likeness (QED) is 0.774. The van der Waals surface area contributed by atoms with Crippen LogP contribution in [-0.4, -0.2) is 25.8 Å². The normalized spacial score (nSPS) is 34.2. The summed E-state index contributed by atoms with van der Waals surface area (Å²) >= 11 is 0. The number of hydrogen-bond donors (Lipinski definition) is 1. The van der Waals surface area contributed by atoms with Gasteiger partial charge in [0.15, 0.2) is 0 Å². The van der Waals surface area contributed by atoms with Crippen LogP contribution in [0.4, 0.5) is 0 Å². The van der Waals surface area contributed by atoms with Gasteiger partial charge in [-0.3, -0.25) is 0 Å². The van der Waals surface area contributed by atoms with Gasteiger partial charge in [-0.2, -0.15) is 0 Å². The zero-order chi connectivity index (χ0) is 10.5. The summed E-state index contributed by atoms with van der Waals surface area (Å²) in [6.07, 6.45) is 8.32. The number of nitrogens with one attached hydrogen (secondary N) is 1. The van der Waals surface area contributed by atoms with Gasteiger partial charge >= 0.3 is 0 Å². The van der Waals surface area contributed by atoms with Crippen LogP contribution in [0.25, 0.3) is 0 Å². The van der Waals surface area contributed by atoms with Crippen LogP contribution in [0.15, 0.2) is 0 Å². The lowest BCUT2D eigenvalue weighted by molar-refractivity contribution is 0.0360. The molecular formula is C13H25NO. The van der Waals surface area contributed by atoms with Gasteiger partial charge < -0.3 is 10.1 Å². The van der Waals surface area contributed by atoms with E-state index in [2.05, 4.69) is 12.2 Å². The second-order valence-electron chi connectivity index (χ2n) is 5.13. The first-order chi connectivity index (χ1) is 7.40. The first-order valence-corrected chi connectivity index (χ1v) is 6.71. The van der Waals surface area contributed by atoms with Crippen LogP contribution in [-0.2, 0) is 4.74 Å². The van der Waals surface area contributed by atoms with Crippen molar-refractivity contribution in [3.8, 4) is 0 Å². The van der Waals surface area contributed by atoms with Crippen LogP contribution < -0.4 is 5.32 Å². The highest BCUT2D eigenvalue weighted by molar-refractivity contribution is 4.82. The monoisotopic (exact) mass is 211 g/mol. The standard InChI is InChI=1S/C13H25NO/c1-2-14-13-5-3-4-12(10-13)11-6-8-15-9-7-11/h11-14H,2-10H2,1H3. The van der Waals surface area contributed by atoms with Crippen molar-refractivity contribution in [2.75, 3.05) is 19.8 Å². The second kappa shape index (κ2) is 5.86. The topological polar surface area (TPSA) is 21.3 Å². The largest absolute Gasteiger partial charge is 0.381 e. The zero-order valence-electron chi connectivity index (χ0n) is 10.0. The Kier molecular flexibility index (Phi) is 4.45. The Morgan fingerprint density at radius 1 is 1.07 bits per heavy atom. The molecule has 88 valence electrons. The maximum Gasteiger partial charge on any atom is 0.0468 e. The van der Waals surface area contributed by atoms with Crippen molar-refractivity contribution in [1.29, 1.82) is 0 Å². The molecule has 2 nitrogen and oxygen atoms in total. The van der Waals surface area contributed by atoms with E-state index in [0.717, 1.165) is 37.6 Å². The maximum absolute atomic E-state index is 5.45. The molecule has 1 aliphatic carbocycles. The molecule has 0 aromatic heterocycles. The van der Waals surface area contributed by atoms with E-state index in [4.69, 9.17) is 4.74 Å². The zero-order valence-corrected chi connectivity index (χ0v) is 10.0. The molecule has 0 bridgehead atoms. The summed E-state index contributed by atoms with van der Waals surface area (Å²) in [6, 6.07) is 0.802. The summed E-state index contributed by atoms with van der Waals surface area (Å²) in [7, 11) is 0. The molecule has 2 unspecified atom stereocenters. The SMILES string of the molecule is CCNC1CCCC(C2CCOCC2)C1. The first kappa shape index (κ1) is 11.4. The third kappa shape index (κ3) is 3.18. The average molecular weight is 211 g/mol. The lowest BCUT2D eigenvalue weighted by atomic mass is 9.75. The molecule has 0 radical (unpaired) electrons. The minimum atomic E-state index is 0.802. The van der Waals surface area contributed by atoms with Gasteiger partial charge in [-0.1, -0.05) is 19.8 Å². The van der Waals surface area contributed by atoms with Crippen molar-refractivity contribution in [2.24, 2.45) is 11.8 Å². The number of rotatable bonds is 3. The Balaban J connectivity index is 1.80. The number of ether oxygens (including phenoxy) is 1. The summed E-state index contributed by atoms with van der Waals surface area (Å²) in [5.74, 6) is 1.94. The maximum atomic E-state index is 5.45. The smallest absolute Gasteiger partial charge is 0.0468 e. The van der Waals surface area contributed by atoms with Crippen LogP contribution in [0, 0.1) is 11.8 Å². The van der Waals surface area contributed by atoms with Crippen LogP contribution in [0.5, 0.6) is 0 Å². The van der Waals surface area contributed by atoms with Crippen LogP contribution in [0.3, 0.4) is 0 Å². The minimum absolute atomic E-state index is 0.802. The minimum Gasteiger partial charge on any atom is -0.381 e. The summed E-state index contributed by atoms with van der Waals surface area (Å²) in [6.45, 7) is 5.36. The van der Waals surface area contributed by atoms with E-state index in [9.17, 15) is 0 Å². The Labute approximate surface area is 93.8 Å². The fourth-order valence-corrected chi connectivity index (χ4v) is 3.32. The average Bonchev–Trinajstić information content (AvgIpc) is 2.31. The van der Waals surface area contributed by atoms with Gasteiger partial charge in [-0.15, -0.1) is 0 Å². The van der Waals surface area contributed by atoms with E-state index in [1.165, 1.54) is 38.5 Å². The fraction of sp³-hybridized carbons (Fsp3) is 1.00. The molecule has 1 N–H and O–H groups in total. The van der Waals surface area contributed by atoms with Gasteiger partial charge in [-0.25, -0.2) is 0 Å². The Hall–Kier alpha value is -0.0800. The molecule has 1 aliphatic heterocycles. The lowest BCUT2D eigenvalue weighted by Gasteiger charge is -2.36. The molecular weight excluding hydrogens is 186 g/mol. The third-order valence-corrected chi connectivity index (χ3v) is 4.14. The second-order valence-corrected chi connectivity index (χ2v) is 5.13. The van der Waals surface area contributed by atoms with Crippen LogP contribution in [0.2, 0.25) is 0 Å². The predicted octanol–water partition coefficient (Wildman–Crippen LogP) is 2.58. The number of hydrogen-bond acceptors (Lipinski definition) is 2. The molecule has 2 fully saturated rings. The van der Waals surface area contributed by atoms with Crippen molar-refractivity contribution in [3.63, 3.8) is 0 Å². The van der Waals surface area contributed by atoms with E-state index in [-0.39, 0.29) is 0 Å². The first-order valence-electron chi connectivity index (χ1n) is 6.71. The molecule has 15 heavy (non-hydrogen) atoms. The van der Waals surface area contributed by atoms with Gasteiger partial charge in [0.25, 0.3) is 0 Å². The van der Waals surface area contributed by atoms with Gasteiger partial charge in [-0.05, 0) is 44.1 Å². The van der Waals surface area contributed by atoms with Crippen molar-refractivity contribution in [1.82, 2.24) is 5.32 Å². The van der Waals surface area contributed by atoms with Crippen molar-refractivity contribution >= 4 is 0 Å². The Morgan fingerprint density at radius 3 is 2.60 bits per heavy atom. The van der Waals surface area contributed by atoms with Crippen molar-refractivity contribution < 1.29 is 4.74 Å². The summed E-state index contributed by atoms with van der Waals surface area (Å²) < 4.78 is 5.45. The molecule has 2 rings (SSSR count). The van der Waals surface area contributed by atoms with Crippen molar-refractivity contribution in [3.05, 3.63) is 0 Å². The molecule has 0 spiro atoms. The molecule has 0 aromatic carbocycles. The van der Waals surface area contributed by atoms with Gasteiger partial charge in [0.1, 0.15) is 0 Å². The summed E-state index contributed by atoms with van der Waals surface area (Å²) in [4.78, 5) is 0. The molecule has 1 saturated heterocycles. The summed E-state index contributed by atoms with van der Waals surface area (Å²) in [5, 5.41) is 3.62. The van der Waals surface area contributed by atoms with Gasteiger partial charge in [0.05, 0.1) is 0 Å². The fourth-order valence-electron chi connectivity index (χ4n) is 3.32.